The van der Waals surface area contributed by atoms with Gasteiger partial charge in [0.05, 0.1) is 37.7 Å². The smallest absolute Gasteiger partial charge is 0.0923 e. The third-order valence-electron chi connectivity index (χ3n) is 4.76. The summed E-state index contributed by atoms with van der Waals surface area (Å²) in [4.78, 5) is 8.23. The van der Waals surface area contributed by atoms with Gasteiger partial charge in [0.1, 0.15) is 0 Å². The monoisotopic (exact) mass is 345 g/mol. The number of hydrogen-bond acceptors (Lipinski definition) is 6. The van der Waals surface area contributed by atoms with Gasteiger partial charge in [0.15, 0.2) is 0 Å². The minimum atomic E-state index is 0.132. The zero-order valence-electron chi connectivity index (χ0n) is 13.6. The maximum Gasteiger partial charge on any atom is 0.0923 e. The summed E-state index contributed by atoms with van der Waals surface area (Å²) in [5, 5.41) is 5.82. The quantitative estimate of drug-likeness (QED) is 0.866. The average molecular weight is 345 g/mol. The van der Waals surface area contributed by atoms with Gasteiger partial charge in [-0.05, 0) is 23.6 Å². The molecule has 0 bridgehead atoms. The molecule has 128 valence electrons. The molecule has 0 radical (unpaired) electrons. The van der Waals surface area contributed by atoms with Gasteiger partial charge in [-0.25, -0.2) is 0 Å². The highest BCUT2D eigenvalue weighted by Crippen LogP contribution is 2.25. The van der Waals surface area contributed by atoms with Crippen molar-refractivity contribution in [2.45, 2.75) is 31.3 Å². The molecule has 4 rings (SSSR count). The summed E-state index contributed by atoms with van der Waals surface area (Å²) in [6.45, 7) is 5.03. The van der Waals surface area contributed by atoms with Crippen molar-refractivity contribution in [3.05, 3.63) is 52.5 Å². The molecule has 2 saturated heterocycles. The van der Waals surface area contributed by atoms with E-state index in [0.717, 1.165) is 38.5 Å². The second-order valence-electron chi connectivity index (χ2n) is 6.30. The number of pyridine rings is 1. The van der Waals surface area contributed by atoms with Gasteiger partial charge >= 0.3 is 0 Å². The molecule has 5 nitrogen and oxygen atoms in total. The fraction of sp³-hybridized carbons (Fsp3) is 0.500. The van der Waals surface area contributed by atoms with Gasteiger partial charge in [0, 0.05) is 36.8 Å². The van der Waals surface area contributed by atoms with Gasteiger partial charge in [-0.1, -0.05) is 12.1 Å². The molecule has 1 N–H and O–H groups in total. The lowest BCUT2D eigenvalue weighted by Gasteiger charge is -2.32. The van der Waals surface area contributed by atoms with Crippen LogP contribution in [0, 0.1) is 0 Å². The molecule has 24 heavy (non-hydrogen) atoms. The Morgan fingerprint density at radius 3 is 3.17 bits per heavy atom. The number of ether oxygens (including phenoxy) is 2. The Hall–Kier alpha value is -1.31. The molecule has 0 saturated carbocycles. The third-order valence-corrected chi connectivity index (χ3v) is 5.63. The normalized spacial score (nSPS) is 27.2. The van der Waals surface area contributed by atoms with Gasteiger partial charge in [-0.3, -0.25) is 9.88 Å². The van der Waals surface area contributed by atoms with E-state index >= 15 is 0 Å². The lowest BCUT2D eigenvalue weighted by molar-refractivity contribution is -0.0542. The van der Waals surface area contributed by atoms with Gasteiger partial charge in [0.2, 0.25) is 0 Å². The number of thiophene rings is 1. The van der Waals surface area contributed by atoms with E-state index in [9.17, 15) is 0 Å². The van der Waals surface area contributed by atoms with Crippen molar-refractivity contribution in [3.63, 3.8) is 0 Å². The molecule has 0 aromatic carbocycles. The van der Waals surface area contributed by atoms with E-state index in [0.29, 0.717) is 18.7 Å². The summed E-state index contributed by atoms with van der Waals surface area (Å²) in [5.74, 6) is 0. The van der Waals surface area contributed by atoms with Crippen LogP contribution in [0.3, 0.4) is 0 Å². The highest BCUT2D eigenvalue weighted by atomic mass is 32.1. The topological polar surface area (TPSA) is 46.6 Å². The van der Waals surface area contributed by atoms with Crippen LogP contribution in [0.2, 0.25) is 0 Å². The number of nitrogens with one attached hydrogen (secondary N) is 1. The number of nitrogens with zero attached hydrogens (tertiary/aromatic N) is 2. The number of fused-ring (bicyclic) bond motifs is 1. The van der Waals surface area contributed by atoms with Crippen molar-refractivity contribution in [3.8, 4) is 0 Å². The van der Waals surface area contributed by atoms with E-state index in [2.05, 4.69) is 32.7 Å². The van der Waals surface area contributed by atoms with E-state index in [1.807, 2.05) is 24.4 Å². The molecule has 2 aliphatic heterocycles. The van der Waals surface area contributed by atoms with Crippen molar-refractivity contribution < 1.29 is 9.47 Å². The van der Waals surface area contributed by atoms with Gasteiger partial charge < -0.3 is 14.8 Å². The molecule has 0 spiro atoms. The maximum absolute atomic E-state index is 6.30. The lowest BCUT2D eigenvalue weighted by atomic mass is 10.1. The van der Waals surface area contributed by atoms with Crippen LogP contribution in [-0.4, -0.2) is 54.4 Å². The van der Waals surface area contributed by atoms with Gasteiger partial charge in [-0.2, -0.15) is 0 Å². The van der Waals surface area contributed by atoms with E-state index in [4.69, 9.17) is 9.47 Å². The van der Waals surface area contributed by atoms with Crippen LogP contribution in [0.25, 0.3) is 0 Å². The van der Waals surface area contributed by atoms with Gasteiger partial charge in [0.25, 0.3) is 0 Å². The highest BCUT2D eigenvalue weighted by Gasteiger charge is 2.43. The fourth-order valence-electron chi connectivity index (χ4n) is 3.53. The SMILES string of the molecule is c1ccc(CO[C@@H]2[C@@H](NCc3cccs3)CN3CCOC[C@H]23)nc1. The average Bonchev–Trinajstić information content (AvgIpc) is 3.26. The Bertz CT molecular complexity index is 622. The highest BCUT2D eigenvalue weighted by molar-refractivity contribution is 7.09. The second-order valence-corrected chi connectivity index (χ2v) is 7.33. The molecule has 0 amide bonds. The van der Waals surface area contributed by atoms with Crippen LogP contribution >= 0.6 is 11.3 Å². The van der Waals surface area contributed by atoms with Crippen LogP contribution in [0.1, 0.15) is 10.6 Å². The first-order valence-electron chi connectivity index (χ1n) is 8.49. The Kier molecular flexibility index (Phi) is 5.20. The molecule has 0 unspecified atom stereocenters. The van der Waals surface area contributed by atoms with E-state index in [1.165, 1.54) is 4.88 Å². The van der Waals surface area contributed by atoms with E-state index in [1.54, 1.807) is 11.3 Å². The second kappa shape index (κ2) is 7.72. The number of morpholine rings is 1. The summed E-state index contributed by atoms with van der Waals surface area (Å²) in [5.41, 5.74) is 0.977. The Labute approximate surface area is 146 Å². The molecule has 2 fully saturated rings. The number of aromatic nitrogens is 1. The predicted molar refractivity (Wildman–Crippen MR) is 93.9 cm³/mol. The summed E-state index contributed by atoms with van der Waals surface area (Å²) < 4.78 is 12.0. The molecule has 3 atom stereocenters. The predicted octanol–water partition coefficient (Wildman–Crippen LogP) is 1.90. The van der Waals surface area contributed by atoms with E-state index in [-0.39, 0.29) is 6.10 Å². The molecule has 6 heteroatoms. The van der Waals surface area contributed by atoms with Gasteiger partial charge in [-0.15, -0.1) is 11.3 Å². The van der Waals surface area contributed by atoms with Crippen LogP contribution in [0.15, 0.2) is 41.9 Å². The molecule has 2 aromatic rings. The third kappa shape index (κ3) is 3.68. The van der Waals surface area contributed by atoms with E-state index < -0.39 is 0 Å². The lowest BCUT2D eigenvalue weighted by Crippen LogP contribution is -2.47. The first-order valence-corrected chi connectivity index (χ1v) is 9.37. The zero-order chi connectivity index (χ0) is 16.2. The number of hydrogen-bond donors (Lipinski definition) is 1. The first kappa shape index (κ1) is 16.2. The summed E-state index contributed by atoms with van der Waals surface area (Å²) in [6, 6.07) is 10.9. The number of rotatable bonds is 6. The van der Waals surface area contributed by atoms with Crippen molar-refractivity contribution in [2.24, 2.45) is 0 Å². The molecule has 0 aliphatic carbocycles. The van der Waals surface area contributed by atoms with Crippen molar-refractivity contribution in [2.75, 3.05) is 26.3 Å². The zero-order valence-corrected chi connectivity index (χ0v) is 14.5. The Morgan fingerprint density at radius 2 is 2.33 bits per heavy atom. The maximum atomic E-state index is 6.30. The standard InChI is InChI=1S/C18H23N3O2S/c1-2-6-19-14(4-1)12-23-18-16(20-10-15-5-3-9-24-15)11-21-7-8-22-13-17(18)21/h1-6,9,16-18,20H,7-8,10-13H2/t16-,17+,18+/m0/s1. The minimum Gasteiger partial charge on any atom is -0.378 e. The minimum absolute atomic E-state index is 0.132. The molecule has 2 aliphatic rings. The van der Waals surface area contributed by atoms with Crippen molar-refractivity contribution in [1.29, 1.82) is 0 Å². The van der Waals surface area contributed by atoms with Crippen molar-refractivity contribution >= 4 is 11.3 Å². The largest absolute Gasteiger partial charge is 0.378 e. The van der Waals surface area contributed by atoms with Crippen molar-refractivity contribution in [1.82, 2.24) is 15.2 Å². The summed E-state index contributed by atoms with van der Waals surface area (Å²) in [6.07, 6.45) is 1.95. The summed E-state index contributed by atoms with van der Waals surface area (Å²) >= 11 is 1.79. The first-order chi connectivity index (χ1) is 11.9. The summed E-state index contributed by atoms with van der Waals surface area (Å²) in [7, 11) is 0. The van der Waals surface area contributed by atoms with Crippen LogP contribution in [0.5, 0.6) is 0 Å². The molecule has 2 aromatic heterocycles. The molecular formula is C18H23N3O2S. The van der Waals surface area contributed by atoms with Crippen LogP contribution in [0.4, 0.5) is 0 Å². The fourth-order valence-corrected chi connectivity index (χ4v) is 4.18. The van der Waals surface area contributed by atoms with Crippen LogP contribution < -0.4 is 5.32 Å². The molecule has 4 heterocycles. The van der Waals surface area contributed by atoms with Crippen LogP contribution in [-0.2, 0) is 22.6 Å². The Balaban J connectivity index is 1.41. The Morgan fingerprint density at radius 1 is 1.33 bits per heavy atom. The molecular weight excluding hydrogens is 322 g/mol.